The quantitative estimate of drug-likeness (QED) is 0.408. The highest BCUT2D eigenvalue weighted by Gasteiger charge is 2.27. The minimum Gasteiger partial charge on any atom is -0.349 e. The van der Waals surface area contributed by atoms with Crippen molar-refractivity contribution in [1.29, 1.82) is 0 Å². The van der Waals surface area contributed by atoms with Crippen molar-refractivity contribution >= 4 is 33.4 Å². The van der Waals surface area contributed by atoms with Crippen molar-refractivity contribution in [3.05, 3.63) is 81.5 Å². The lowest BCUT2D eigenvalue weighted by molar-refractivity contribution is -0.126. The van der Waals surface area contributed by atoms with Gasteiger partial charge in [0.2, 0.25) is 11.9 Å². The number of fused-ring (bicyclic) bond motifs is 1. The van der Waals surface area contributed by atoms with Gasteiger partial charge in [0.15, 0.2) is 0 Å². The number of thiophene rings is 1. The summed E-state index contributed by atoms with van der Waals surface area (Å²) in [5, 5.41) is 4.77. The van der Waals surface area contributed by atoms with E-state index >= 15 is 0 Å². The van der Waals surface area contributed by atoms with Crippen LogP contribution in [-0.2, 0) is 4.79 Å². The van der Waals surface area contributed by atoms with E-state index in [-0.39, 0.29) is 35.1 Å². The van der Waals surface area contributed by atoms with Gasteiger partial charge in [0, 0.05) is 35.5 Å². The normalized spacial score (nSPS) is 15.3. The number of aromatic amines is 1. The molecule has 0 aliphatic carbocycles. The van der Waals surface area contributed by atoms with E-state index in [9.17, 15) is 18.4 Å². The molecule has 1 amide bonds. The van der Waals surface area contributed by atoms with Crippen LogP contribution in [0.1, 0.15) is 31.4 Å². The lowest BCUT2D eigenvalue weighted by Crippen LogP contribution is -2.42. The molecule has 35 heavy (non-hydrogen) atoms. The smallest absolute Gasteiger partial charge is 0.270 e. The second-order valence-corrected chi connectivity index (χ2v) is 9.62. The Morgan fingerprint density at radius 2 is 1.83 bits per heavy atom. The first-order valence-electron chi connectivity index (χ1n) is 11.5. The van der Waals surface area contributed by atoms with E-state index in [1.165, 1.54) is 29.5 Å². The Hall–Kier alpha value is -3.59. The topological polar surface area (TPSA) is 78.1 Å². The molecule has 1 aliphatic rings. The van der Waals surface area contributed by atoms with Crippen LogP contribution in [0.5, 0.6) is 0 Å². The van der Waals surface area contributed by atoms with E-state index in [0.717, 1.165) is 5.56 Å². The predicted octanol–water partition coefficient (Wildman–Crippen LogP) is 5.02. The Kier molecular flexibility index (Phi) is 6.34. The summed E-state index contributed by atoms with van der Waals surface area (Å²) >= 11 is 1.24. The van der Waals surface area contributed by atoms with Crippen molar-refractivity contribution in [3.63, 3.8) is 0 Å². The molecule has 2 aromatic carbocycles. The number of benzene rings is 2. The number of piperidine rings is 1. The molecule has 1 atom stereocenters. The van der Waals surface area contributed by atoms with Crippen molar-refractivity contribution < 1.29 is 13.6 Å². The number of aromatic nitrogens is 2. The molecule has 4 aromatic rings. The number of nitrogens with one attached hydrogen (secondary N) is 2. The molecule has 1 aliphatic heterocycles. The molecule has 0 radical (unpaired) electrons. The van der Waals surface area contributed by atoms with Gasteiger partial charge < -0.3 is 10.2 Å². The average Bonchev–Trinajstić information content (AvgIpc) is 3.29. The minimum atomic E-state index is -0.363. The first kappa shape index (κ1) is 23.2. The number of rotatable bonds is 5. The molecule has 9 heteroatoms. The summed E-state index contributed by atoms with van der Waals surface area (Å²) in [5.41, 5.74) is 2.07. The molecular weight excluding hydrogens is 470 g/mol. The van der Waals surface area contributed by atoms with Gasteiger partial charge in [-0.3, -0.25) is 14.6 Å². The molecule has 0 spiro atoms. The van der Waals surface area contributed by atoms with Gasteiger partial charge in [-0.1, -0.05) is 30.3 Å². The zero-order valence-corrected chi connectivity index (χ0v) is 19.9. The summed E-state index contributed by atoms with van der Waals surface area (Å²) < 4.78 is 28.0. The number of hydrogen-bond acceptors (Lipinski definition) is 5. The lowest BCUT2D eigenvalue weighted by Gasteiger charge is -2.32. The first-order chi connectivity index (χ1) is 16.9. The maximum Gasteiger partial charge on any atom is 0.270 e. The standard InChI is InChI=1S/C26H24F2N4O2S/c1-15(16-6-8-18(27)9-7-16)29-24(33)17-10-12-32(13-11-17)26-30-22-20(14-35-23(22)25(34)31-26)19-4-2-3-5-21(19)28/h2-9,14-15,17H,10-13H2,1H3,(H,29,33)(H,30,31,34)/t15-/m0/s1. The van der Waals surface area contributed by atoms with Gasteiger partial charge in [-0.15, -0.1) is 11.3 Å². The lowest BCUT2D eigenvalue weighted by atomic mass is 9.95. The molecule has 3 heterocycles. The SMILES string of the molecule is C[C@H](NC(=O)C1CCN(c2nc3c(-c4ccccc4F)csc3c(=O)[nH]2)CC1)c1ccc(F)cc1. The number of H-pyrrole nitrogens is 1. The third-order valence-electron chi connectivity index (χ3n) is 6.47. The van der Waals surface area contributed by atoms with Crippen LogP contribution in [-0.4, -0.2) is 29.0 Å². The van der Waals surface area contributed by atoms with Crippen LogP contribution in [0.25, 0.3) is 21.3 Å². The number of halogens is 2. The van der Waals surface area contributed by atoms with Crippen LogP contribution < -0.4 is 15.8 Å². The van der Waals surface area contributed by atoms with Gasteiger partial charge in [-0.2, -0.15) is 0 Å². The number of anilines is 1. The molecule has 6 nitrogen and oxygen atoms in total. The van der Waals surface area contributed by atoms with Crippen LogP contribution >= 0.6 is 11.3 Å². The summed E-state index contributed by atoms with van der Waals surface area (Å²) in [6.07, 6.45) is 1.21. The van der Waals surface area contributed by atoms with E-state index < -0.39 is 0 Å². The second-order valence-electron chi connectivity index (χ2n) is 8.74. The minimum absolute atomic E-state index is 0.0435. The van der Waals surface area contributed by atoms with Gasteiger partial charge >= 0.3 is 0 Å². The largest absolute Gasteiger partial charge is 0.349 e. The Bertz CT molecular complexity index is 1430. The Morgan fingerprint density at radius 1 is 1.11 bits per heavy atom. The Balaban J connectivity index is 1.29. The maximum atomic E-state index is 14.4. The van der Waals surface area contributed by atoms with Gasteiger partial charge in [-0.05, 0) is 43.5 Å². The fourth-order valence-electron chi connectivity index (χ4n) is 4.46. The van der Waals surface area contributed by atoms with Crippen LogP contribution in [0, 0.1) is 17.6 Å². The Labute approximate surface area is 204 Å². The van der Waals surface area contributed by atoms with Crippen LogP contribution in [0.4, 0.5) is 14.7 Å². The molecule has 5 rings (SSSR count). The fraction of sp³-hybridized carbons (Fsp3) is 0.269. The number of amides is 1. The summed E-state index contributed by atoms with van der Waals surface area (Å²) in [4.78, 5) is 35.0. The van der Waals surface area contributed by atoms with E-state index in [4.69, 9.17) is 0 Å². The fourth-order valence-corrected chi connectivity index (χ4v) is 5.36. The second kappa shape index (κ2) is 9.58. The highest BCUT2D eigenvalue weighted by molar-refractivity contribution is 7.17. The number of hydrogen-bond donors (Lipinski definition) is 2. The molecule has 0 bridgehead atoms. The van der Waals surface area contributed by atoms with Crippen molar-refractivity contribution in [1.82, 2.24) is 15.3 Å². The summed E-state index contributed by atoms with van der Waals surface area (Å²) in [5.74, 6) is -0.458. The van der Waals surface area contributed by atoms with Gasteiger partial charge in [0.25, 0.3) is 5.56 Å². The van der Waals surface area contributed by atoms with Gasteiger partial charge in [-0.25, -0.2) is 13.8 Å². The van der Waals surface area contributed by atoms with Crippen molar-refractivity contribution in [2.45, 2.75) is 25.8 Å². The average molecular weight is 495 g/mol. The molecule has 2 aromatic heterocycles. The van der Waals surface area contributed by atoms with Crippen LogP contribution in [0.3, 0.4) is 0 Å². The summed E-state index contributed by atoms with van der Waals surface area (Å²) in [6, 6.07) is 12.3. The van der Waals surface area contributed by atoms with Crippen molar-refractivity contribution in [2.24, 2.45) is 5.92 Å². The molecule has 1 saturated heterocycles. The molecule has 0 unspecified atom stereocenters. The Morgan fingerprint density at radius 3 is 2.54 bits per heavy atom. The van der Waals surface area contributed by atoms with E-state index in [2.05, 4.69) is 15.3 Å². The monoisotopic (exact) mass is 494 g/mol. The summed E-state index contributed by atoms with van der Waals surface area (Å²) in [6.45, 7) is 2.98. The van der Waals surface area contributed by atoms with Crippen LogP contribution in [0.2, 0.25) is 0 Å². The third kappa shape index (κ3) is 4.68. The highest BCUT2D eigenvalue weighted by atomic mass is 32.1. The van der Waals surface area contributed by atoms with Gasteiger partial charge in [0.1, 0.15) is 16.3 Å². The molecular formula is C26H24F2N4O2S. The molecule has 2 N–H and O–H groups in total. The van der Waals surface area contributed by atoms with E-state index in [1.807, 2.05) is 11.8 Å². The van der Waals surface area contributed by atoms with Crippen molar-refractivity contribution in [3.8, 4) is 11.1 Å². The summed E-state index contributed by atoms with van der Waals surface area (Å²) in [7, 11) is 0. The number of nitrogens with zero attached hydrogens (tertiary/aromatic N) is 2. The van der Waals surface area contributed by atoms with E-state index in [1.54, 1.807) is 35.7 Å². The van der Waals surface area contributed by atoms with E-state index in [0.29, 0.717) is 53.2 Å². The number of carbonyl (C=O) groups is 1. The van der Waals surface area contributed by atoms with Crippen LogP contribution in [0.15, 0.2) is 58.7 Å². The van der Waals surface area contributed by atoms with Gasteiger partial charge in [0.05, 0.1) is 11.6 Å². The zero-order valence-electron chi connectivity index (χ0n) is 19.1. The zero-order chi connectivity index (χ0) is 24.5. The third-order valence-corrected chi connectivity index (χ3v) is 7.44. The molecule has 0 saturated carbocycles. The maximum absolute atomic E-state index is 14.4. The molecule has 180 valence electrons. The van der Waals surface area contributed by atoms with Crippen molar-refractivity contribution in [2.75, 3.05) is 18.0 Å². The predicted molar refractivity (Wildman–Crippen MR) is 134 cm³/mol. The first-order valence-corrected chi connectivity index (χ1v) is 12.4. The molecule has 1 fully saturated rings. The number of carbonyl (C=O) groups excluding carboxylic acids is 1. The highest BCUT2D eigenvalue weighted by Crippen LogP contribution is 2.33.